The minimum atomic E-state index is -1.42. The van der Waals surface area contributed by atoms with Gasteiger partial charge in [0.15, 0.2) is 0 Å². The van der Waals surface area contributed by atoms with Crippen LogP contribution in [-0.2, 0) is 0 Å². The van der Waals surface area contributed by atoms with E-state index in [0.29, 0.717) is 17.4 Å². The highest BCUT2D eigenvalue weighted by Gasteiger charge is 2.07. The summed E-state index contributed by atoms with van der Waals surface area (Å²) in [5.41, 5.74) is 5.19. The SMILES string of the molecule is NC(=O)SC(=O)Nc1ccc(OC(=O)O)cc1. The van der Waals surface area contributed by atoms with Crippen LogP contribution in [0.1, 0.15) is 0 Å². The fraction of sp³-hybridized carbons (Fsp3) is 0. The topological polar surface area (TPSA) is 119 Å². The lowest BCUT2D eigenvalue weighted by Crippen LogP contribution is -2.12. The number of amides is 2. The van der Waals surface area contributed by atoms with Gasteiger partial charge in [0.1, 0.15) is 5.75 Å². The Hall–Kier alpha value is -2.22. The quantitative estimate of drug-likeness (QED) is 0.550. The molecule has 1 aromatic rings. The number of nitrogens with one attached hydrogen (secondary N) is 1. The van der Waals surface area contributed by atoms with Crippen molar-refractivity contribution in [3.63, 3.8) is 0 Å². The molecule has 0 bridgehead atoms. The highest BCUT2D eigenvalue weighted by molar-refractivity contribution is 8.26. The Morgan fingerprint density at radius 3 is 2.29 bits per heavy atom. The number of hydrogen-bond donors (Lipinski definition) is 3. The van der Waals surface area contributed by atoms with E-state index in [1.807, 2.05) is 0 Å². The van der Waals surface area contributed by atoms with Crippen molar-refractivity contribution in [1.29, 1.82) is 0 Å². The second-order valence-electron chi connectivity index (χ2n) is 2.73. The molecule has 0 fully saturated rings. The first-order chi connectivity index (χ1) is 7.97. The maximum Gasteiger partial charge on any atom is 0.511 e. The summed E-state index contributed by atoms with van der Waals surface area (Å²) in [7, 11) is 0. The third-order valence-electron chi connectivity index (χ3n) is 1.50. The number of nitrogens with two attached hydrogens (primary N) is 1. The van der Waals surface area contributed by atoms with Crippen LogP contribution in [0.2, 0.25) is 0 Å². The van der Waals surface area contributed by atoms with Gasteiger partial charge in [0.25, 0.3) is 10.5 Å². The van der Waals surface area contributed by atoms with E-state index in [0.717, 1.165) is 0 Å². The first kappa shape index (κ1) is 12.8. The van der Waals surface area contributed by atoms with Crippen LogP contribution in [0.25, 0.3) is 0 Å². The summed E-state index contributed by atoms with van der Waals surface area (Å²) in [5.74, 6) is 0.123. The molecular weight excluding hydrogens is 248 g/mol. The lowest BCUT2D eigenvalue weighted by molar-refractivity contribution is 0.144. The second-order valence-corrected chi connectivity index (χ2v) is 3.70. The molecule has 90 valence electrons. The van der Waals surface area contributed by atoms with Crippen LogP contribution in [0.4, 0.5) is 20.1 Å². The van der Waals surface area contributed by atoms with Crippen molar-refractivity contribution >= 4 is 34.1 Å². The van der Waals surface area contributed by atoms with Crippen molar-refractivity contribution in [2.45, 2.75) is 0 Å². The summed E-state index contributed by atoms with van der Waals surface area (Å²) >= 11 is 0.328. The molecule has 0 aliphatic carbocycles. The van der Waals surface area contributed by atoms with Gasteiger partial charge in [-0.1, -0.05) is 0 Å². The third-order valence-corrected chi connectivity index (χ3v) is 1.99. The highest BCUT2D eigenvalue weighted by atomic mass is 32.2. The number of rotatable bonds is 2. The Morgan fingerprint density at radius 1 is 1.24 bits per heavy atom. The lowest BCUT2D eigenvalue weighted by atomic mass is 10.3. The first-order valence-electron chi connectivity index (χ1n) is 4.26. The molecule has 1 aromatic carbocycles. The molecule has 17 heavy (non-hydrogen) atoms. The van der Waals surface area contributed by atoms with E-state index in [9.17, 15) is 14.4 Å². The second kappa shape index (κ2) is 5.75. The monoisotopic (exact) mass is 256 g/mol. The summed E-state index contributed by atoms with van der Waals surface area (Å²) in [6.07, 6.45) is -1.42. The van der Waals surface area contributed by atoms with Gasteiger partial charge < -0.3 is 20.9 Å². The van der Waals surface area contributed by atoms with Crippen molar-refractivity contribution in [3.05, 3.63) is 24.3 Å². The molecular formula is C9H8N2O5S. The Bertz CT molecular complexity index is 445. The molecule has 0 heterocycles. The number of anilines is 1. The Morgan fingerprint density at radius 2 is 1.82 bits per heavy atom. The van der Waals surface area contributed by atoms with Crippen molar-refractivity contribution in [2.75, 3.05) is 5.32 Å². The van der Waals surface area contributed by atoms with Gasteiger partial charge in [-0.25, -0.2) is 4.79 Å². The van der Waals surface area contributed by atoms with Gasteiger partial charge in [-0.2, -0.15) is 0 Å². The maximum atomic E-state index is 11.1. The molecule has 4 N–H and O–H groups in total. The molecule has 1 rings (SSSR count). The summed E-state index contributed by atoms with van der Waals surface area (Å²) in [6.45, 7) is 0. The van der Waals surface area contributed by atoms with Crippen LogP contribution < -0.4 is 15.8 Å². The largest absolute Gasteiger partial charge is 0.511 e. The van der Waals surface area contributed by atoms with Crippen LogP contribution in [0.3, 0.4) is 0 Å². The van der Waals surface area contributed by atoms with Crippen LogP contribution >= 0.6 is 11.8 Å². The summed E-state index contributed by atoms with van der Waals surface area (Å²) in [6, 6.07) is 5.58. The van der Waals surface area contributed by atoms with Gasteiger partial charge in [0, 0.05) is 17.4 Å². The predicted molar refractivity (Wildman–Crippen MR) is 61.3 cm³/mol. The minimum absolute atomic E-state index is 0.123. The molecule has 8 heteroatoms. The Kier molecular flexibility index (Phi) is 4.35. The van der Waals surface area contributed by atoms with Crippen molar-refractivity contribution in [3.8, 4) is 5.75 Å². The van der Waals surface area contributed by atoms with Crippen LogP contribution in [0.5, 0.6) is 5.75 Å². The molecule has 0 radical (unpaired) electrons. The average Bonchev–Trinajstić information content (AvgIpc) is 2.18. The smallest absolute Gasteiger partial charge is 0.449 e. The number of primary amides is 1. The molecule has 0 unspecified atom stereocenters. The van der Waals surface area contributed by atoms with E-state index in [-0.39, 0.29) is 5.75 Å². The third kappa shape index (κ3) is 4.89. The van der Waals surface area contributed by atoms with Crippen LogP contribution in [0.15, 0.2) is 24.3 Å². The molecule has 0 aromatic heterocycles. The zero-order valence-corrected chi connectivity index (χ0v) is 9.19. The van der Waals surface area contributed by atoms with Gasteiger partial charge >= 0.3 is 6.16 Å². The number of carboxylic acid groups (broad SMARTS) is 1. The van der Waals surface area contributed by atoms with Crippen molar-refractivity contribution in [1.82, 2.24) is 0 Å². The first-order valence-corrected chi connectivity index (χ1v) is 5.08. The van der Waals surface area contributed by atoms with Gasteiger partial charge in [-0.15, -0.1) is 0 Å². The molecule has 2 amide bonds. The molecule has 7 nitrogen and oxygen atoms in total. The molecule has 0 spiro atoms. The summed E-state index contributed by atoms with van der Waals surface area (Å²) in [5, 5.41) is 9.28. The number of carbonyl (C=O) groups excluding carboxylic acids is 2. The van der Waals surface area contributed by atoms with Gasteiger partial charge in [0.2, 0.25) is 0 Å². The molecule has 0 saturated heterocycles. The Labute approximate surface area is 99.9 Å². The lowest BCUT2D eigenvalue weighted by Gasteiger charge is -2.04. The average molecular weight is 256 g/mol. The number of ether oxygens (including phenoxy) is 1. The van der Waals surface area contributed by atoms with E-state index >= 15 is 0 Å². The number of thioether (sulfide) groups is 1. The van der Waals surface area contributed by atoms with Crippen molar-refractivity contribution < 1.29 is 24.2 Å². The van der Waals surface area contributed by atoms with Gasteiger partial charge in [-0.3, -0.25) is 9.59 Å². The van der Waals surface area contributed by atoms with E-state index in [2.05, 4.69) is 10.1 Å². The molecule has 0 aliphatic heterocycles. The van der Waals surface area contributed by atoms with E-state index < -0.39 is 16.6 Å². The molecule has 0 atom stereocenters. The maximum absolute atomic E-state index is 11.1. The number of carbonyl (C=O) groups is 3. The fourth-order valence-corrected chi connectivity index (χ4v) is 1.29. The number of benzene rings is 1. The molecule has 0 saturated carbocycles. The predicted octanol–water partition coefficient (Wildman–Crippen LogP) is 2.09. The zero-order valence-electron chi connectivity index (χ0n) is 8.38. The van der Waals surface area contributed by atoms with E-state index in [1.165, 1.54) is 24.3 Å². The van der Waals surface area contributed by atoms with Crippen LogP contribution in [0, 0.1) is 0 Å². The standard InChI is InChI=1S/C9H8N2O5S/c10-7(12)17-8(13)11-5-1-3-6(4-2-5)16-9(14)15/h1-4H,(H2,10,12)(H,11,13)(H,14,15). The highest BCUT2D eigenvalue weighted by Crippen LogP contribution is 2.17. The summed E-state index contributed by atoms with van der Waals surface area (Å²) in [4.78, 5) is 31.7. The normalized spacial score (nSPS) is 9.41. The van der Waals surface area contributed by atoms with Crippen molar-refractivity contribution in [2.24, 2.45) is 5.73 Å². The fourth-order valence-electron chi connectivity index (χ4n) is 0.942. The summed E-state index contributed by atoms with van der Waals surface area (Å²) < 4.78 is 4.36. The van der Waals surface area contributed by atoms with E-state index in [4.69, 9.17) is 10.8 Å². The molecule has 0 aliphatic rings. The van der Waals surface area contributed by atoms with E-state index in [1.54, 1.807) is 0 Å². The van der Waals surface area contributed by atoms with Crippen LogP contribution in [-0.4, -0.2) is 21.7 Å². The van der Waals surface area contributed by atoms with Gasteiger partial charge in [-0.05, 0) is 24.3 Å². The zero-order chi connectivity index (χ0) is 12.8. The van der Waals surface area contributed by atoms with Gasteiger partial charge in [0.05, 0.1) is 0 Å². The number of hydrogen-bond acceptors (Lipinski definition) is 5. The minimum Gasteiger partial charge on any atom is -0.449 e. The Balaban J connectivity index is 2.59.